The number of hydrogen-bond acceptors (Lipinski definition) is 4. The fourth-order valence-electron chi connectivity index (χ4n) is 1.90. The van der Waals surface area contributed by atoms with Crippen LogP contribution < -0.4 is 15.8 Å². The molecular formula is C17H20F2N2O3. The lowest BCUT2D eigenvalue weighted by Gasteiger charge is -2.16. The van der Waals surface area contributed by atoms with E-state index >= 15 is 0 Å². The van der Waals surface area contributed by atoms with Crippen molar-refractivity contribution in [2.24, 2.45) is 5.73 Å². The molecule has 1 atom stereocenters. The quantitative estimate of drug-likeness (QED) is 0.888. The number of carbonyl (C=O) groups is 1. The Morgan fingerprint density at radius 3 is 2.21 bits per heavy atom. The van der Waals surface area contributed by atoms with Gasteiger partial charge in [0.1, 0.15) is 23.5 Å². The van der Waals surface area contributed by atoms with E-state index < -0.39 is 23.8 Å². The fourth-order valence-corrected chi connectivity index (χ4v) is 1.90. The SMILES string of the molecule is CNc1ccc(C(C)OC(N)=O)c(OC)c1.Fc1cccc(F)c1. The molecule has 1 amide bonds. The van der Waals surface area contributed by atoms with Crippen molar-refractivity contribution >= 4 is 11.8 Å². The van der Waals surface area contributed by atoms with E-state index in [4.69, 9.17) is 15.2 Å². The number of methoxy groups -OCH3 is 1. The zero-order chi connectivity index (χ0) is 18.1. The molecule has 0 radical (unpaired) electrons. The number of benzene rings is 2. The maximum Gasteiger partial charge on any atom is 0.405 e. The van der Waals surface area contributed by atoms with Crippen molar-refractivity contribution in [2.75, 3.05) is 19.5 Å². The molecule has 1 unspecified atom stereocenters. The molecule has 0 fully saturated rings. The average molecular weight is 338 g/mol. The van der Waals surface area contributed by atoms with Crippen molar-refractivity contribution < 1.29 is 23.0 Å². The molecule has 0 saturated carbocycles. The molecule has 2 rings (SSSR count). The maximum atomic E-state index is 11.9. The summed E-state index contributed by atoms with van der Waals surface area (Å²) in [5.41, 5.74) is 6.67. The summed E-state index contributed by atoms with van der Waals surface area (Å²) in [4.78, 5) is 10.7. The van der Waals surface area contributed by atoms with Crippen LogP contribution in [0, 0.1) is 11.6 Å². The first-order valence-corrected chi connectivity index (χ1v) is 7.10. The predicted octanol–water partition coefficient (Wildman–Crippen LogP) is 3.86. The minimum atomic E-state index is -0.799. The van der Waals surface area contributed by atoms with Crippen LogP contribution in [-0.2, 0) is 4.74 Å². The Morgan fingerprint density at radius 1 is 1.17 bits per heavy atom. The van der Waals surface area contributed by atoms with E-state index in [1.165, 1.54) is 18.2 Å². The van der Waals surface area contributed by atoms with E-state index in [0.717, 1.165) is 17.3 Å². The minimum absolute atomic E-state index is 0.432. The van der Waals surface area contributed by atoms with Gasteiger partial charge in [0.15, 0.2) is 0 Å². The molecule has 3 N–H and O–H groups in total. The van der Waals surface area contributed by atoms with Crippen LogP contribution >= 0.6 is 0 Å². The van der Waals surface area contributed by atoms with Crippen LogP contribution in [0.1, 0.15) is 18.6 Å². The van der Waals surface area contributed by atoms with Crippen molar-refractivity contribution in [1.82, 2.24) is 0 Å². The van der Waals surface area contributed by atoms with Gasteiger partial charge >= 0.3 is 6.09 Å². The number of amides is 1. The molecule has 2 aromatic carbocycles. The maximum absolute atomic E-state index is 11.9. The molecule has 0 aliphatic carbocycles. The van der Waals surface area contributed by atoms with Crippen molar-refractivity contribution in [2.45, 2.75) is 13.0 Å². The third-order valence-corrected chi connectivity index (χ3v) is 3.04. The molecule has 5 nitrogen and oxygen atoms in total. The second-order valence-electron chi connectivity index (χ2n) is 4.73. The summed E-state index contributed by atoms with van der Waals surface area (Å²) in [5, 5.41) is 3.00. The summed E-state index contributed by atoms with van der Waals surface area (Å²) < 4.78 is 34.0. The largest absolute Gasteiger partial charge is 0.496 e. The number of rotatable bonds is 4. The summed E-state index contributed by atoms with van der Waals surface area (Å²) in [7, 11) is 3.38. The zero-order valence-corrected chi connectivity index (χ0v) is 13.7. The van der Waals surface area contributed by atoms with E-state index in [2.05, 4.69) is 5.32 Å². The number of ether oxygens (including phenoxy) is 2. The Hall–Kier alpha value is -2.83. The highest BCUT2D eigenvalue weighted by Gasteiger charge is 2.14. The van der Waals surface area contributed by atoms with Crippen molar-refractivity contribution in [1.29, 1.82) is 0 Å². The van der Waals surface area contributed by atoms with E-state index in [1.54, 1.807) is 14.0 Å². The number of nitrogens with two attached hydrogens (primary N) is 1. The predicted molar refractivity (Wildman–Crippen MR) is 88.0 cm³/mol. The van der Waals surface area contributed by atoms with Gasteiger partial charge in [-0.1, -0.05) is 6.07 Å². The summed E-state index contributed by atoms with van der Waals surface area (Å²) in [5.74, 6) is -0.421. The van der Waals surface area contributed by atoms with Gasteiger partial charge in [0.05, 0.1) is 7.11 Å². The van der Waals surface area contributed by atoms with Gasteiger partial charge in [-0.15, -0.1) is 0 Å². The Labute approximate surface area is 139 Å². The number of anilines is 1. The first-order chi connectivity index (χ1) is 11.4. The molecule has 24 heavy (non-hydrogen) atoms. The molecule has 0 aliphatic rings. The zero-order valence-electron chi connectivity index (χ0n) is 13.7. The summed E-state index contributed by atoms with van der Waals surface area (Å²) in [6.07, 6.45) is -1.23. The molecule has 0 aromatic heterocycles. The number of nitrogens with one attached hydrogen (secondary N) is 1. The van der Waals surface area contributed by atoms with E-state index in [9.17, 15) is 13.6 Å². The van der Waals surface area contributed by atoms with E-state index in [0.29, 0.717) is 5.75 Å². The standard InChI is InChI=1S/C11H16N2O3.C6H4F2/c1-7(16-11(12)14)9-5-4-8(13-2)6-10(9)15-3;7-5-2-1-3-6(8)4-5/h4-7,13H,1-3H3,(H2,12,14);1-4H. The van der Waals surface area contributed by atoms with Crippen LogP contribution in [-0.4, -0.2) is 20.3 Å². The van der Waals surface area contributed by atoms with E-state index in [-0.39, 0.29) is 0 Å². The van der Waals surface area contributed by atoms with Crippen LogP contribution in [0.5, 0.6) is 5.75 Å². The van der Waals surface area contributed by atoms with Crippen LogP contribution in [0.25, 0.3) is 0 Å². The lowest BCUT2D eigenvalue weighted by Crippen LogP contribution is -2.16. The lowest BCUT2D eigenvalue weighted by atomic mass is 10.1. The summed E-state index contributed by atoms with van der Waals surface area (Å²) >= 11 is 0. The number of primary amides is 1. The second-order valence-corrected chi connectivity index (χ2v) is 4.73. The Morgan fingerprint density at radius 2 is 1.79 bits per heavy atom. The van der Waals surface area contributed by atoms with Crippen LogP contribution in [0.15, 0.2) is 42.5 Å². The normalized spacial score (nSPS) is 10.9. The molecule has 0 bridgehead atoms. The van der Waals surface area contributed by atoms with Gasteiger partial charge in [-0.25, -0.2) is 13.6 Å². The number of carbonyl (C=O) groups excluding carboxylic acids is 1. The number of halogens is 2. The first-order valence-electron chi connectivity index (χ1n) is 7.10. The third kappa shape index (κ3) is 6.12. The number of hydrogen-bond donors (Lipinski definition) is 2. The van der Waals surface area contributed by atoms with Crippen molar-refractivity contribution in [3.63, 3.8) is 0 Å². The van der Waals surface area contributed by atoms with Crippen molar-refractivity contribution in [3.8, 4) is 5.75 Å². The Balaban J connectivity index is 0.000000300. The molecule has 0 aliphatic heterocycles. The van der Waals surface area contributed by atoms with Gasteiger partial charge < -0.3 is 20.5 Å². The highest BCUT2D eigenvalue weighted by atomic mass is 19.1. The Kier molecular flexibility index (Phi) is 7.48. The summed E-state index contributed by atoms with van der Waals surface area (Å²) in [6, 6.07) is 10.1. The minimum Gasteiger partial charge on any atom is -0.496 e. The monoisotopic (exact) mass is 338 g/mol. The molecule has 0 heterocycles. The molecule has 0 saturated heterocycles. The Bertz CT molecular complexity index is 663. The van der Waals surface area contributed by atoms with Crippen LogP contribution in [0.4, 0.5) is 19.3 Å². The van der Waals surface area contributed by atoms with Gasteiger partial charge in [-0.05, 0) is 31.2 Å². The molecule has 2 aromatic rings. The molecular weight excluding hydrogens is 318 g/mol. The van der Waals surface area contributed by atoms with Gasteiger partial charge in [0.2, 0.25) is 0 Å². The highest BCUT2D eigenvalue weighted by Crippen LogP contribution is 2.29. The highest BCUT2D eigenvalue weighted by molar-refractivity contribution is 5.65. The molecule has 7 heteroatoms. The average Bonchev–Trinajstić information content (AvgIpc) is 2.53. The smallest absolute Gasteiger partial charge is 0.405 e. The summed E-state index contributed by atoms with van der Waals surface area (Å²) in [6.45, 7) is 1.74. The third-order valence-electron chi connectivity index (χ3n) is 3.04. The second kappa shape index (κ2) is 9.34. The lowest BCUT2D eigenvalue weighted by molar-refractivity contribution is 0.115. The van der Waals surface area contributed by atoms with Crippen LogP contribution in [0.2, 0.25) is 0 Å². The van der Waals surface area contributed by atoms with Gasteiger partial charge in [0, 0.05) is 30.4 Å². The fraction of sp³-hybridized carbons (Fsp3) is 0.235. The van der Waals surface area contributed by atoms with E-state index in [1.807, 2.05) is 25.2 Å². The van der Waals surface area contributed by atoms with Gasteiger partial charge in [-0.3, -0.25) is 0 Å². The van der Waals surface area contributed by atoms with Gasteiger partial charge in [0.25, 0.3) is 0 Å². The van der Waals surface area contributed by atoms with Gasteiger partial charge in [-0.2, -0.15) is 0 Å². The molecule has 0 spiro atoms. The first kappa shape index (κ1) is 19.2. The topological polar surface area (TPSA) is 73.6 Å². The van der Waals surface area contributed by atoms with Crippen molar-refractivity contribution in [3.05, 3.63) is 59.7 Å². The van der Waals surface area contributed by atoms with Crippen LogP contribution in [0.3, 0.4) is 0 Å². The molecule has 130 valence electrons.